The fourth-order valence-electron chi connectivity index (χ4n) is 2.96. The molecule has 0 unspecified atom stereocenters. The van der Waals surface area contributed by atoms with Crippen molar-refractivity contribution >= 4 is 23.6 Å². The van der Waals surface area contributed by atoms with Crippen LogP contribution in [0.3, 0.4) is 0 Å². The standard InChI is InChI=1S/C19H23ClN4O/c1-16-21-8-9-23(16)13-10-22-11-14-24(15-12-22)19(25)7-6-17-4-2-3-5-18(17)20/h2-9H,10-15H2,1H3/b7-6+. The van der Waals surface area contributed by atoms with Crippen LogP contribution in [0.25, 0.3) is 6.08 Å². The van der Waals surface area contributed by atoms with E-state index in [1.807, 2.05) is 48.5 Å². The molecule has 0 saturated carbocycles. The van der Waals surface area contributed by atoms with Crippen LogP contribution in [0.4, 0.5) is 0 Å². The second kappa shape index (κ2) is 8.32. The van der Waals surface area contributed by atoms with Crippen molar-refractivity contribution in [1.82, 2.24) is 19.4 Å². The number of piperazine rings is 1. The third kappa shape index (κ3) is 4.71. The highest BCUT2D eigenvalue weighted by Crippen LogP contribution is 2.16. The predicted molar refractivity (Wildman–Crippen MR) is 100 cm³/mol. The molecule has 0 radical (unpaired) electrons. The maximum Gasteiger partial charge on any atom is 0.246 e. The number of carbonyl (C=O) groups excluding carboxylic acids is 1. The van der Waals surface area contributed by atoms with Crippen molar-refractivity contribution in [1.29, 1.82) is 0 Å². The summed E-state index contributed by atoms with van der Waals surface area (Å²) in [5.74, 6) is 1.09. The highest BCUT2D eigenvalue weighted by Gasteiger charge is 2.19. The maximum absolute atomic E-state index is 12.3. The van der Waals surface area contributed by atoms with Crippen molar-refractivity contribution in [3.05, 3.63) is 59.1 Å². The smallest absolute Gasteiger partial charge is 0.246 e. The molecule has 1 aromatic carbocycles. The first-order valence-corrected chi connectivity index (χ1v) is 8.93. The van der Waals surface area contributed by atoms with Crippen LogP contribution in [0.15, 0.2) is 42.7 Å². The monoisotopic (exact) mass is 358 g/mol. The molecule has 25 heavy (non-hydrogen) atoms. The summed E-state index contributed by atoms with van der Waals surface area (Å²) in [6, 6.07) is 7.53. The number of carbonyl (C=O) groups is 1. The van der Waals surface area contributed by atoms with E-state index in [1.54, 1.807) is 12.2 Å². The van der Waals surface area contributed by atoms with E-state index in [-0.39, 0.29) is 5.91 Å². The van der Waals surface area contributed by atoms with Gasteiger partial charge in [0.2, 0.25) is 5.91 Å². The molecular formula is C19H23ClN4O. The highest BCUT2D eigenvalue weighted by atomic mass is 35.5. The molecule has 132 valence electrons. The Morgan fingerprint density at radius 3 is 2.64 bits per heavy atom. The molecule has 0 N–H and O–H groups in total. The van der Waals surface area contributed by atoms with Crippen LogP contribution in [0.5, 0.6) is 0 Å². The number of nitrogens with zero attached hydrogens (tertiary/aromatic N) is 4. The van der Waals surface area contributed by atoms with Crippen LogP contribution in [0.2, 0.25) is 5.02 Å². The van der Waals surface area contributed by atoms with Gasteiger partial charge in [0, 0.05) is 62.8 Å². The number of aromatic nitrogens is 2. The fourth-order valence-corrected chi connectivity index (χ4v) is 3.16. The zero-order valence-electron chi connectivity index (χ0n) is 14.4. The van der Waals surface area contributed by atoms with Gasteiger partial charge in [0.05, 0.1) is 0 Å². The molecular weight excluding hydrogens is 336 g/mol. The average molecular weight is 359 g/mol. The van der Waals surface area contributed by atoms with E-state index < -0.39 is 0 Å². The van der Waals surface area contributed by atoms with Crippen LogP contribution in [0.1, 0.15) is 11.4 Å². The first-order chi connectivity index (χ1) is 12.1. The maximum atomic E-state index is 12.3. The molecule has 1 aliphatic rings. The van der Waals surface area contributed by atoms with Crippen molar-refractivity contribution in [2.75, 3.05) is 32.7 Å². The van der Waals surface area contributed by atoms with Crippen molar-refractivity contribution in [2.24, 2.45) is 0 Å². The molecule has 0 bridgehead atoms. The third-order valence-electron chi connectivity index (χ3n) is 4.58. The van der Waals surface area contributed by atoms with Gasteiger partial charge in [-0.15, -0.1) is 0 Å². The minimum atomic E-state index is 0.0463. The van der Waals surface area contributed by atoms with Gasteiger partial charge in [-0.25, -0.2) is 4.98 Å². The Bertz CT molecular complexity index is 747. The van der Waals surface area contributed by atoms with Crippen LogP contribution in [-0.4, -0.2) is 58.0 Å². The number of halogens is 1. The molecule has 1 amide bonds. The minimum Gasteiger partial charge on any atom is -0.337 e. The summed E-state index contributed by atoms with van der Waals surface area (Å²) in [7, 11) is 0. The first kappa shape index (κ1) is 17.7. The molecule has 0 atom stereocenters. The second-order valence-corrected chi connectivity index (χ2v) is 6.60. The third-order valence-corrected chi connectivity index (χ3v) is 4.92. The quantitative estimate of drug-likeness (QED) is 0.772. The minimum absolute atomic E-state index is 0.0463. The Morgan fingerprint density at radius 2 is 1.96 bits per heavy atom. The Kier molecular flexibility index (Phi) is 5.89. The summed E-state index contributed by atoms with van der Waals surface area (Å²) >= 11 is 6.11. The van der Waals surface area contributed by atoms with E-state index in [0.717, 1.165) is 50.7 Å². The normalized spacial score (nSPS) is 15.8. The number of amides is 1. The molecule has 2 heterocycles. The van der Waals surface area contributed by atoms with Crippen molar-refractivity contribution in [3.8, 4) is 0 Å². The Morgan fingerprint density at radius 1 is 1.20 bits per heavy atom. The van der Waals surface area contributed by atoms with Crippen molar-refractivity contribution in [3.63, 3.8) is 0 Å². The number of rotatable bonds is 5. The SMILES string of the molecule is Cc1nccn1CCN1CCN(C(=O)/C=C/c2ccccc2Cl)CC1. The first-order valence-electron chi connectivity index (χ1n) is 8.55. The van der Waals surface area contributed by atoms with Crippen LogP contribution >= 0.6 is 11.6 Å². The summed E-state index contributed by atoms with van der Waals surface area (Å²) in [4.78, 5) is 20.9. The molecule has 5 nitrogen and oxygen atoms in total. The van der Waals surface area contributed by atoms with Crippen molar-refractivity contribution in [2.45, 2.75) is 13.5 Å². The summed E-state index contributed by atoms with van der Waals surface area (Å²) in [5, 5.41) is 0.658. The molecule has 1 fully saturated rings. The topological polar surface area (TPSA) is 41.4 Å². The van der Waals surface area contributed by atoms with Crippen LogP contribution in [0, 0.1) is 6.92 Å². The summed E-state index contributed by atoms with van der Waals surface area (Å²) < 4.78 is 2.16. The molecule has 1 aliphatic heterocycles. The van der Waals surface area contributed by atoms with Gasteiger partial charge in [0.15, 0.2) is 0 Å². The molecule has 0 spiro atoms. The Balaban J connectivity index is 1.46. The summed E-state index contributed by atoms with van der Waals surface area (Å²) in [5.41, 5.74) is 0.867. The van der Waals surface area contributed by atoms with Gasteiger partial charge < -0.3 is 9.47 Å². The van der Waals surface area contributed by atoms with Gasteiger partial charge in [0.25, 0.3) is 0 Å². The molecule has 1 aromatic heterocycles. The molecule has 3 rings (SSSR count). The largest absolute Gasteiger partial charge is 0.337 e. The van der Waals surface area contributed by atoms with Gasteiger partial charge in [-0.05, 0) is 24.6 Å². The average Bonchev–Trinajstić information content (AvgIpc) is 3.04. The predicted octanol–water partition coefficient (Wildman–Crippen LogP) is 2.70. The van der Waals surface area contributed by atoms with E-state index in [2.05, 4.69) is 14.5 Å². The van der Waals surface area contributed by atoms with Crippen molar-refractivity contribution < 1.29 is 4.79 Å². The van der Waals surface area contributed by atoms with Crippen LogP contribution in [-0.2, 0) is 11.3 Å². The molecule has 6 heteroatoms. The molecule has 1 saturated heterocycles. The number of hydrogen-bond donors (Lipinski definition) is 0. The van der Waals surface area contributed by atoms with Crippen LogP contribution < -0.4 is 0 Å². The van der Waals surface area contributed by atoms with Gasteiger partial charge >= 0.3 is 0 Å². The zero-order valence-corrected chi connectivity index (χ0v) is 15.2. The lowest BCUT2D eigenvalue weighted by Gasteiger charge is -2.34. The van der Waals surface area contributed by atoms with Gasteiger partial charge in [0.1, 0.15) is 5.82 Å². The second-order valence-electron chi connectivity index (χ2n) is 6.19. The lowest BCUT2D eigenvalue weighted by atomic mass is 10.2. The molecule has 2 aromatic rings. The number of imidazole rings is 1. The van der Waals surface area contributed by atoms with E-state index in [9.17, 15) is 4.79 Å². The Hall–Kier alpha value is -2.11. The molecule has 0 aliphatic carbocycles. The van der Waals surface area contributed by atoms with E-state index in [0.29, 0.717) is 5.02 Å². The highest BCUT2D eigenvalue weighted by molar-refractivity contribution is 6.32. The van der Waals surface area contributed by atoms with Gasteiger partial charge in [-0.3, -0.25) is 9.69 Å². The van der Waals surface area contributed by atoms with Gasteiger partial charge in [-0.2, -0.15) is 0 Å². The fraction of sp³-hybridized carbons (Fsp3) is 0.368. The summed E-state index contributed by atoms with van der Waals surface area (Å²) in [6.45, 7) is 7.25. The number of benzene rings is 1. The van der Waals surface area contributed by atoms with E-state index in [4.69, 9.17) is 11.6 Å². The van der Waals surface area contributed by atoms with Gasteiger partial charge in [-0.1, -0.05) is 29.8 Å². The lowest BCUT2D eigenvalue weighted by Crippen LogP contribution is -2.48. The number of hydrogen-bond acceptors (Lipinski definition) is 3. The Labute approximate surface area is 153 Å². The van der Waals surface area contributed by atoms with E-state index in [1.165, 1.54) is 0 Å². The number of aryl methyl sites for hydroxylation is 1. The van der Waals surface area contributed by atoms with E-state index >= 15 is 0 Å². The zero-order chi connectivity index (χ0) is 17.6. The lowest BCUT2D eigenvalue weighted by molar-refractivity contribution is -0.127. The summed E-state index contributed by atoms with van der Waals surface area (Å²) in [6.07, 6.45) is 7.25.